The summed E-state index contributed by atoms with van der Waals surface area (Å²) < 4.78 is 71.3. The minimum absolute atomic E-state index is 0.0304. The normalized spacial score (nSPS) is 12.2. The summed E-state index contributed by atoms with van der Waals surface area (Å²) in [5.41, 5.74) is 0.467. The summed E-state index contributed by atoms with van der Waals surface area (Å²) in [7, 11) is 2.79. The van der Waals surface area contributed by atoms with Gasteiger partial charge in [0.05, 0.1) is 7.11 Å². The monoisotopic (exact) mass is 493 g/mol. The Morgan fingerprint density at radius 1 is 1.09 bits per heavy atom. The van der Waals surface area contributed by atoms with Crippen molar-refractivity contribution in [1.29, 1.82) is 0 Å². The van der Waals surface area contributed by atoms with Crippen LogP contribution in [0.2, 0.25) is 0 Å². The van der Waals surface area contributed by atoms with E-state index in [0.717, 1.165) is 12.3 Å². The van der Waals surface area contributed by atoms with Gasteiger partial charge in [-0.1, -0.05) is 18.2 Å². The van der Waals surface area contributed by atoms with Crippen molar-refractivity contribution < 1.29 is 31.5 Å². The second-order valence-corrected chi connectivity index (χ2v) is 7.73. The van der Waals surface area contributed by atoms with Crippen molar-refractivity contribution in [3.8, 4) is 5.75 Å². The maximum absolute atomic E-state index is 14.5. The first-order valence-electron chi connectivity index (χ1n) is 10.7. The summed E-state index contributed by atoms with van der Waals surface area (Å²) in [5.74, 6) is -1.47. The molecule has 0 saturated heterocycles. The lowest BCUT2D eigenvalue weighted by Gasteiger charge is -2.33. The summed E-state index contributed by atoms with van der Waals surface area (Å²) in [6, 6.07) is 11.0. The average Bonchev–Trinajstić information content (AvgIpc) is 2.84. The van der Waals surface area contributed by atoms with Gasteiger partial charge in [0.2, 0.25) is 5.91 Å². The molecule has 1 aromatic heterocycles. The fourth-order valence-corrected chi connectivity index (χ4v) is 3.69. The molecule has 0 bridgehead atoms. The number of carbonyl (C=O) groups is 1. The summed E-state index contributed by atoms with van der Waals surface area (Å²) >= 11 is 0. The number of hydrogen-bond donors (Lipinski definition) is 1. The van der Waals surface area contributed by atoms with Gasteiger partial charge in [-0.3, -0.25) is 9.78 Å². The number of nitrogens with zero attached hydrogens (tertiary/aromatic N) is 2. The number of aryl methyl sites for hydroxylation is 1. The van der Waals surface area contributed by atoms with Crippen LogP contribution in [-0.2, 0) is 17.4 Å². The number of benzene rings is 2. The predicted molar refractivity (Wildman–Crippen MR) is 121 cm³/mol. The zero-order valence-electron chi connectivity index (χ0n) is 19.1. The summed E-state index contributed by atoms with van der Waals surface area (Å²) in [6.45, 7) is 0.238. The highest BCUT2D eigenvalue weighted by Crippen LogP contribution is 2.32. The number of nitrogens with one attached hydrogen (secondary N) is 1. The van der Waals surface area contributed by atoms with Gasteiger partial charge in [0, 0.05) is 31.5 Å². The molecular formula is C25H24F5N3O2. The minimum atomic E-state index is -4.52. The zero-order valence-corrected chi connectivity index (χ0v) is 19.1. The molecule has 10 heteroatoms. The van der Waals surface area contributed by atoms with Crippen molar-refractivity contribution >= 4 is 11.6 Å². The SMILES string of the molecule is CNC(=O)C(c1ccc(F)cc1)N(CCCc1ccc(C(F)(F)F)nc1)c1ccc(OC)c(F)c1. The van der Waals surface area contributed by atoms with E-state index in [1.54, 1.807) is 11.0 Å². The van der Waals surface area contributed by atoms with E-state index in [-0.39, 0.29) is 12.3 Å². The van der Waals surface area contributed by atoms with Crippen LogP contribution >= 0.6 is 0 Å². The molecule has 0 fully saturated rings. The smallest absolute Gasteiger partial charge is 0.433 e. The second-order valence-electron chi connectivity index (χ2n) is 7.73. The van der Waals surface area contributed by atoms with Gasteiger partial charge < -0.3 is 15.0 Å². The highest BCUT2D eigenvalue weighted by atomic mass is 19.4. The third kappa shape index (κ3) is 6.46. The molecule has 0 radical (unpaired) electrons. The van der Waals surface area contributed by atoms with Crippen LogP contribution in [0.1, 0.15) is 29.3 Å². The van der Waals surface area contributed by atoms with Gasteiger partial charge in [0.25, 0.3) is 0 Å². The molecule has 3 aromatic rings. The molecule has 1 unspecified atom stereocenters. The Balaban J connectivity index is 1.90. The minimum Gasteiger partial charge on any atom is -0.494 e. The van der Waals surface area contributed by atoms with Crippen molar-refractivity contribution in [2.24, 2.45) is 0 Å². The molecule has 0 aliphatic heterocycles. The Morgan fingerprint density at radius 2 is 1.80 bits per heavy atom. The fourth-order valence-electron chi connectivity index (χ4n) is 3.69. The van der Waals surface area contributed by atoms with Crippen LogP contribution in [0.15, 0.2) is 60.8 Å². The predicted octanol–water partition coefficient (Wildman–Crippen LogP) is 5.31. The number of alkyl halides is 3. The Labute approximate surface area is 199 Å². The maximum Gasteiger partial charge on any atom is 0.433 e. The highest BCUT2D eigenvalue weighted by molar-refractivity contribution is 5.86. The van der Waals surface area contributed by atoms with E-state index in [2.05, 4.69) is 10.3 Å². The first-order valence-corrected chi connectivity index (χ1v) is 10.7. The van der Waals surface area contributed by atoms with E-state index in [1.165, 1.54) is 56.6 Å². The number of anilines is 1. The molecular weight excluding hydrogens is 469 g/mol. The van der Waals surface area contributed by atoms with Crippen LogP contribution in [0.25, 0.3) is 0 Å². The van der Waals surface area contributed by atoms with Gasteiger partial charge in [0.1, 0.15) is 17.6 Å². The highest BCUT2D eigenvalue weighted by Gasteiger charge is 2.32. The van der Waals surface area contributed by atoms with Crippen LogP contribution in [-0.4, -0.2) is 31.6 Å². The van der Waals surface area contributed by atoms with Crippen LogP contribution < -0.4 is 15.0 Å². The summed E-state index contributed by atoms with van der Waals surface area (Å²) in [4.78, 5) is 18.0. The van der Waals surface area contributed by atoms with Gasteiger partial charge in [-0.25, -0.2) is 8.78 Å². The van der Waals surface area contributed by atoms with Crippen molar-refractivity contribution in [2.75, 3.05) is 25.6 Å². The summed E-state index contributed by atoms with van der Waals surface area (Å²) in [6.07, 6.45) is -2.58. The quantitative estimate of drug-likeness (QED) is 0.411. The molecule has 3 rings (SSSR count). The van der Waals surface area contributed by atoms with E-state index < -0.39 is 35.5 Å². The van der Waals surface area contributed by atoms with Crippen LogP contribution in [0.4, 0.5) is 27.6 Å². The lowest BCUT2D eigenvalue weighted by atomic mass is 10.0. The molecule has 186 valence electrons. The van der Waals surface area contributed by atoms with E-state index >= 15 is 0 Å². The maximum atomic E-state index is 14.5. The third-order valence-electron chi connectivity index (χ3n) is 5.44. The molecule has 0 aliphatic rings. The number of likely N-dealkylation sites (N-methyl/N-ethyl adjacent to an activating group) is 1. The Morgan fingerprint density at radius 3 is 2.34 bits per heavy atom. The van der Waals surface area contributed by atoms with Crippen LogP contribution in [0.3, 0.4) is 0 Å². The average molecular weight is 493 g/mol. The number of amides is 1. The number of halogens is 5. The largest absolute Gasteiger partial charge is 0.494 e. The van der Waals surface area contributed by atoms with Gasteiger partial charge >= 0.3 is 6.18 Å². The number of aromatic nitrogens is 1. The molecule has 1 atom stereocenters. The van der Waals surface area contributed by atoms with E-state index in [9.17, 15) is 26.7 Å². The number of pyridine rings is 1. The summed E-state index contributed by atoms with van der Waals surface area (Å²) in [5, 5.41) is 2.58. The van der Waals surface area contributed by atoms with Gasteiger partial charge in [0.15, 0.2) is 11.6 Å². The Bertz CT molecular complexity index is 1140. The number of rotatable bonds is 9. The molecule has 35 heavy (non-hydrogen) atoms. The Hall–Kier alpha value is -3.69. The van der Waals surface area contributed by atoms with E-state index in [1.807, 2.05) is 0 Å². The zero-order chi connectivity index (χ0) is 25.6. The fraction of sp³-hybridized carbons (Fsp3) is 0.280. The first kappa shape index (κ1) is 25.9. The molecule has 2 aromatic carbocycles. The first-order chi connectivity index (χ1) is 16.6. The molecule has 1 amide bonds. The molecule has 0 saturated carbocycles. The van der Waals surface area contributed by atoms with Crippen molar-refractivity contribution in [2.45, 2.75) is 25.1 Å². The molecule has 0 spiro atoms. The molecule has 1 heterocycles. The van der Waals surface area contributed by atoms with Crippen LogP contribution in [0.5, 0.6) is 5.75 Å². The van der Waals surface area contributed by atoms with Gasteiger partial charge in [-0.05, 0) is 54.3 Å². The molecule has 5 nitrogen and oxygen atoms in total. The van der Waals surface area contributed by atoms with E-state index in [0.29, 0.717) is 29.7 Å². The van der Waals surface area contributed by atoms with Crippen molar-refractivity contribution in [3.63, 3.8) is 0 Å². The topological polar surface area (TPSA) is 54.5 Å². The van der Waals surface area contributed by atoms with Crippen molar-refractivity contribution in [1.82, 2.24) is 10.3 Å². The van der Waals surface area contributed by atoms with Gasteiger partial charge in [-0.15, -0.1) is 0 Å². The van der Waals surface area contributed by atoms with Crippen LogP contribution in [0, 0.1) is 11.6 Å². The Kier molecular flexibility index (Phi) is 8.26. The van der Waals surface area contributed by atoms with E-state index in [4.69, 9.17) is 4.74 Å². The number of ether oxygens (including phenoxy) is 1. The standard InChI is InChI=1S/C25H24F5N3O2/c1-31-24(34)23(17-6-8-18(26)9-7-17)33(19-10-11-21(35-2)20(27)14-19)13-3-4-16-5-12-22(32-15-16)25(28,29)30/h5-12,14-15,23H,3-4,13H2,1-2H3,(H,31,34). The number of methoxy groups -OCH3 is 1. The number of hydrogen-bond acceptors (Lipinski definition) is 4. The second kappa shape index (κ2) is 11.2. The number of carbonyl (C=O) groups excluding carboxylic acids is 1. The van der Waals surface area contributed by atoms with Crippen molar-refractivity contribution in [3.05, 3.63) is 89.2 Å². The lowest BCUT2D eigenvalue weighted by Crippen LogP contribution is -2.40. The molecule has 0 aliphatic carbocycles. The van der Waals surface area contributed by atoms with Gasteiger partial charge in [-0.2, -0.15) is 13.2 Å². The third-order valence-corrected chi connectivity index (χ3v) is 5.44. The lowest BCUT2D eigenvalue weighted by molar-refractivity contribution is -0.141. The molecule has 1 N–H and O–H groups in total.